The van der Waals surface area contributed by atoms with Crippen molar-refractivity contribution in [1.82, 2.24) is 0 Å². The van der Waals surface area contributed by atoms with Gasteiger partial charge in [0.2, 0.25) is 0 Å². The fraction of sp³-hybridized carbons (Fsp3) is 0.792. The van der Waals surface area contributed by atoms with Crippen molar-refractivity contribution in [3.63, 3.8) is 0 Å². The van der Waals surface area contributed by atoms with Gasteiger partial charge in [-0.2, -0.15) is 0 Å². The SMILES string of the molecule is CSOC1C(C)=CC23C(=O)C(C=C4COC(C)(C)OC4C12)C(C)(C)C(C)C[C@H]3C. The molecular formula is C24H36O4S. The number of Topliss-reactive ketones (excluding diaryl/α,β-unsaturated/α-hetero) is 1. The molecule has 4 nitrogen and oxygen atoms in total. The molecule has 162 valence electrons. The van der Waals surface area contributed by atoms with Gasteiger partial charge in [0.15, 0.2) is 11.6 Å². The van der Waals surface area contributed by atoms with Gasteiger partial charge in [-0.1, -0.05) is 39.8 Å². The molecule has 1 saturated heterocycles. The molecule has 6 unspecified atom stereocenters. The van der Waals surface area contributed by atoms with E-state index in [1.165, 1.54) is 12.0 Å². The van der Waals surface area contributed by atoms with Gasteiger partial charge in [-0.25, -0.2) is 0 Å². The zero-order valence-electron chi connectivity index (χ0n) is 19.1. The van der Waals surface area contributed by atoms with Crippen LogP contribution < -0.4 is 0 Å². The van der Waals surface area contributed by atoms with Crippen LogP contribution in [0.2, 0.25) is 0 Å². The molecule has 0 aromatic heterocycles. The number of ether oxygens (including phenoxy) is 2. The number of allylic oxidation sites excluding steroid dienone is 2. The highest BCUT2D eigenvalue weighted by molar-refractivity contribution is 7.93. The topological polar surface area (TPSA) is 44.8 Å². The first-order valence-corrected chi connectivity index (χ1v) is 12.1. The van der Waals surface area contributed by atoms with Crippen LogP contribution in [-0.2, 0) is 18.5 Å². The van der Waals surface area contributed by atoms with Gasteiger partial charge < -0.3 is 13.7 Å². The van der Waals surface area contributed by atoms with Gasteiger partial charge in [0.05, 0.1) is 24.2 Å². The van der Waals surface area contributed by atoms with E-state index in [-0.39, 0.29) is 35.4 Å². The molecule has 4 rings (SSSR count). The molecule has 3 aliphatic carbocycles. The minimum absolute atomic E-state index is 0.0574. The molecule has 5 heteroatoms. The van der Waals surface area contributed by atoms with E-state index in [0.717, 1.165) is 17.6 Å². The maximum atomic E-state index is 14.4. The second kappa shape index (κ2) is 6.94. The molecule has 7 atom stereocenters. The average Bonchev–Trinajstić information content (AvgIpc) is 2.85. The van der Waals surface area contributed by atoms with Gasteiger partial charge in [0.1, 0.15) is 0 Å². The standard InChI is InChI=1S/C24H36O4S/c1-13-11-24-15(3)9-14(2)22(4,5)17(21(24)25)10-16-12-26-23(6,7)27-20(16)18(24)19(13)28-29-8/h10-11,14-15,17-20H,9,12H2,1-8H3/t14?,15-,17?,18?,19?,20?,24?/m1/s1. The van der Waals surface area contributed by atoms with Crippen molar-refractivity contribution >= 4 is 17.8 Å². The molecule has 4 aliphatic rings. The van der Waals surface area contributed by atoms with Crippen LogP contribution in [0.3, 0.4) is 0 Å². The fourth-order valence-corrected chi connectivity index (χ4v) is 6.81. The Morgan fingerprint density at radius 1 is 1.17 bits per heavy atom. The van der Waals surface area contributed by atoms with Gasteiger partial charge in [0.25, 0.3) is 0 Å². The molecule has 0 aromatic rings. The van der Waals surface area contributed by atoms with Crippen LogP contribution in [0.1, 0.15) is 54.9 Å². The molecule has 0 aromatic carbocycles. The average molecular weight is 421 g/mol. The number of carbonyl (C=O) groups is 1. The van der Waals surface area contributed by atoms with Crippen molar-refractivity contribution in [2.45, 2.75) is 72.9 Å². The lowest BCUT2D eigenvalue weighted by atomic mass is 9.62. The Morgan fingerprint density at radius 2 is 1.86 bits per heavy atom. The molecule has 1 heterocycles. The molecule has 2 fully saturated rings. The smallest absolute Gasteiger partial charge is 0.164 e. The van der Waals surface area contributed by atoms with E-state index >= 15 is 0 Å². The first kappa shape index (κ1) is 21.6. The summed E-state index contributed by atoms with van der Waals surface area (Å²) in [5, 5.41) is 0. The van der Waals surface area contributed by atoms with Crippen LogP contribution in [0.25, 0.3) is 0 Å². The molecule has 29 heavy (non-hydrogen) atoms. The number of rotatable bonds is 2. The first-order valence-electron chi connectivity index (χ1n) is 10.9. The van der Waals surface area contributed by atoms with E-state index < -0.39 is 11.2 Å². The van der Waals surface area contributed by atoms with Crippen LogP contribution in [0.15, 0.2) is 23.3 Å². The summed E-state index contributed by atoms with van der Waals surface area (Å²) in [6.45, 7) is 15.7. The maximum absolute atomic E-state index is 14.4. The third kappa shape index (κ3) is 3.02. The highest BCUT2D eigenvalue weighted by Gasteiger charge is 2.65. The fourth-order valence-electron chi connectivity index (χ4n) is 6.34. The maximum Gasteiger partial charge on any atom is 0.164 e. The highest BCUT2D eigenvalue weighted by Crippen LogP contribution is 2.62. The predicted molar refractivity (Wildman–Crippen MR) is 116 cm³/mol. The summed E-state index contributed by atoms with van der Waals surface area (Å²) < 4.78 is 18.8. The van der Waals surface area contributed by atoms with Gasteiger partial charge >= 0.3 is 0 Å². The zero-order valence-corrected chi connectivity index (χ0v) is 19.9. The number of fused-ring (bicyclic) bond motifs is 3. The third-order valence-electron chi connectivity index (χ3n) is 8.37. The second-order valence-electron chi connectivity index (χ2n) is 10.7. The first-order chi connectivity index (χ1) is 13.5. The molecule has 1 saturated carbocycles. The van der Waals surface area contributed by atoms with Crippen molar-refractivity contribution in [3.05, 3.63) is 23.3 Å². The molecular weight excluding hydrogens is 384 g/mol. The summed E-state index contributed by atoms with van der Waals surface area (Å²) in [6, 6.07) is 0. The van der Waals surface area contributed by atoms with Crippen LogP contribution in [0.5, 0.6) is 0 Å². The Labute approximate surface area is 180 Å². The normalized spacial score (nSPS) is 45.4. The van der Waals surface area contributed by atoms with E-state index in [1.54, 1.807) is 0 Å². The van der Waals surface area contributed by atoms with Gasteiger partial charge in [-0.05, 0) is 67.6 Å². The highest BCUT2D eigenvalue weighted by atomic mass is 32.2. The minimum atomic E-state index is -0.673. The molecule has 2 bridgehead atoms. The van der Waals surface area contributed by atoms with Crippen molar-refractivity contribution in [3.8, 4) is 0 Å². The Morgan fingerprint density at radius 3 is 2.52 bits per heavy atom. The predicted octanol–water partition coefficient (Wildman–Crippen LogP) is 5.19. The number of ketones is 1. The summed E-state index contributed by atoms with van der Waals surface area (Å²) >= 11 is 1.38. The van der Waals surface area contributed by atoms with E-state index in [2.05, 4.69) is 46.8 Å². The third-order valence-corrected chi connectivity index (χ3v) is 8.77. The van der Waals surface area contributed by atoms with Crippen molar-refractivity contribution < 1.29 is 18.5 Å². The largest absolute Gasteiger partial charge is 0.346 e. The van der Waals surface area contributed by atoms with Crippen molar-refractivity contribution in [2.75, 3.05) is 12.9 Å². The molecule has 0 radical (unpaired) electrons. The Balaban J connectivity index is 1.97. The monoisotopic (exact) mass is 420 g/mol. The quantitative estimate of drug-likeness (QED) is 0.454. The zero-order chi connectivity index (χ0) is 21.4. The summed E-state index contributed by atoms with van der Waals surface area (Å²) in [4.78, 5) is 14.4. The lowest BCUT2D eigenvalue weighted by molar-refractivity contribution is -0.268. The van der Waals surface area contributed by atoms with Crippen LogP contribution >= 0.6 is 12.0 Å². The van der Waals surface area contributed by atoms with Crippen LogP contribution in [-0.4, -0.2) is 36.6 Å². The van der Waals surface area contributed by atoms with Gasteiger partial charge in [-0.3, -0.25) is 4.79 Å². The van der Waals surface area contributed by atoms with Crippen LogP contribution in [0.4, 0.5) is 0 Å². The minimum Gasteiger partial charge on any atom is -0.346 e. The van der Waals surface area contributed by atoms with E-state index in [0.29, 0.717) is 18.3 Å². The van der Waals surface area contributed by atoms with E-state index in [9.17, 15) is 4.79 Å². The Bertz CT molecular complexity index is 767. The summed E-state index contributed by atoms with van der Waals surface area (Å²) in [5.74, 6) is 0.142. The summed E-state index contributed by atoms with van der Waals surface area (Å²) in [5.41, 5.74) is 1.59. The Hall–Kier alpha value is -0.620. The lowest BCUT2D eigenvalue weighted by Crippen LogP contribution is -2.54. The van der Waals surface area contributed by atoms with Crippen molar-refractivity contribution in [2.24, 2.45) is 34.5 Å². The van der Waals surface area contributed by atoms with Crippen LogP contribution in [0, 0.1) is 34.5 Å². The Kier molecular flexibility index (Phi) is 5.17. The van der Waals surface area contributed by atoms with Gasteiger partial charge in [0, 0.05) is 18.1 Å². The van der Waals surface area contributed by atoms with E-state index in [4.69, 9.17) is 13.7 Å². The molecule has 1 aliphatic heterocycles. The summed E-state index contributed by atoms with van der Waals surface area (Å²) in [6.07, 6.45) is 7.13. The van der Waals surface area contributed by atoms with Crippen molar-refractivity contribution in [1.29, 1.82) is 0 Å². The molecule has 1 spiro atoms. The summed E-state index contributed by atoms with van der Waals surface area (Å²) in [7, 11) is 0. The second-order valence-corrected chi connectivity index (χ2v) is 11.2. The van der Waals surface area contributed by atoms with Gasteiger partial charge in [-0.15, -0.1) is 0 Å². The number of hydrogen-bond donors (Lipinski definition) is 0. The van der Waals surface area contributed by atoms with E-state index in [1.807, 2.05) is 20.1 Å². The lowest BCUT2D eigenvalue weighted by Gasteiger charge is -2.47. The number of hydrogen-bond acceptors (Lipinski definition) is 5. The number of carbonyl (C=O) groups excluding carboxylic acids is 1. The molecule has 0 N–H and O–H groups in total. The molecule has 0 amide bonds.